The predicted molar refractivity (Wildman–Crippen MR) is 96.3 cm³/mol. The molecule has 3 atom stereocenters. The third kappa shape index (κ3) is 3.53. The van der Waals surface area contributed by atoms with Crippen molar-refractivity contribution in [3.05, 3.63) is 29.0 Å². The topological polar surface area (TPSA) is 75.7 Å². The van der Waals surface area contributed by atoms with Crippen molar-refractivity contribution in [2.24, 2.45) is 0 Å². The average Bonchev–Trinajstić information content (AvgIpc) is 3.07. The first-order valence-electron chi connectivity index (χ1n) is 8.14. The second-order valence-electron chi connectivity index (χ2n) is 6.46. The quantitative estimate of drug-likeness (QED) is 0.786. The van der Waals surface area contributed by atoms with Gasteiger partial charge in [0.05, 0.1) is 9.89 Å². The van der Waals surface area contributed by atoms with Gasteiger partial charge in [0.1, 0.15) is 11.9 Å². The summed E-state index contributed by atoms with van der Waals surface area (Å²) in [4.78, 5) is 37.9. The molecule has 2 amide bonds. The maximum Gasteiger partial charge on any atom is 0.330 e. The minimum atomic E-state index is -1.07. The number of carbonyl (C=O) groups excluding carboxylic acids is 3. The highest BCUT2D eigenvalue weighted by Gasteiger charge is 2.53. The lowest BCUT2D eigenvalue weighted by atomic mass is 10.2. The molecular weight excluding hydrogens is 383 g/mol. The number of hydrogen-bond acceptors (Lipinski definition) is 5. The molecule has 0 saturated carbocycles. The first-order chi connectivity index (χ1) is 12.2. The largest absolute Gasteiger partial charge is 0.451 e. The highest BCUT2D eigenvalue weighted by Crippen LogP contribution is 2.47. The monoisotopic (exact) mass is 400 g/mol. The van der Waals surface area contributed by atoms with E-state index in [1.165, 1.54) is 19.1 Å². The molecule has 2 heterocycles. The number of carbonyl (C=O) groups is 3. The lowest BCUT2D eigenvalue weighted by molar-refractivity contribution is -0.160. The number of thioether (sulfide) groups is 1. The summed E-state index contributed by atoms with van der Waals surface area (Å²) < 4.78 is 18.4. The molecule has 9 heteroatoms. The van der Waals surface area contributed by atoms with E-state index in [0.717, 1.165) is 6.07 Å². The number of rotatable bonds is 4. The molecule has 1 N–H and O–H groups in total. The number of amides is 2. The van der Waals surface area contributed by atoms with Crippen LogP contribution < -0.4 is 5.32 Å². The molecule has 140 valence electrons. The molecule has 0 unspecified atom stereocenters. The standard InChI is InChI=1S/C17H18ClFN2O4S/c1-9(15(23)20-10-3-4-12(19)11(18)7-10)25-16(24)13-8-26-17(2)6-5-14(22)21(13)17/h3-4,7,9,13H,5-6,8H2,1-2H3,(H,20,23)/t9-,13+,17-/m0/s1. The summed E-state index contributed by atoms with van der Waals surface area (Å²) in [6.45, 7) is 3.37. The molecule has 2 aliphatic heterocycles. The minimum absolute atomic E-state index is 0.0718. The Hall–Kier alpha value is -1.80. The zero-order valence-electron chi connectivity index (χ0n) is 14.3. The van der Waals surface area contributed by atoms with Crippen molar-refractivity contribution in [2.75, 3.05) is 11.1 Å². The fourth-order valence-corrected chi connectivity index (χ4v) is 4.72. The fraction of sp³-hybridized carbons (Fsp3) is 0.471. The molecular formula is C17H18ClFN2O4S. The van der Waals surface area contributed by atoms with E-state index in [9.17, 15) is 18.8 Å². The molecule has 1 aromatic carbocycles. The van der Waals surface area contributed by atoms with Crippen molar-refractivity contribution in [2.45, 2.75) is 43.7 Å². The number of esters is 1. The molecule has 2 saturated heterocycles. The summed E-state index contributed by atoms with van der Waals surface area (Å²) in [5, 5.41) is 2.39. The van der Waals surface area contributed by atoms with Crippen LogP contribution in [0.2, 0.25) is 5.02 Å². The Morgan fingerprint density at radius 2 is 2.23 bits per heavy atom. The molecule has 0 aromatic heterocycles. The molecule has 6 nitrogen and oxygen atoms in total. The molecule has 1 aromatic rings. The molecule has 3 rings (SSSR count). The molecule has 0 bridgehead atoms. The van der Waals surface area contributed by atoms with E-state index in [-0.39, 0.29) is 15.8 Å². The van der Waals surface area contributed by atoms with Crippen molar-refractivity contribution in [3.8, 4) is 0 Å². The predicted octanol–water partition coefficient (Wildman–Crippen LogP) is 2.80. The Bertz CT molecular complexity index is 777. The zero-order chi connectivity index (χ0) is 19.1. The Labute approximate surface area is 159 Å². The molecule has 2 aliphatic rings. The van der Waals surface area contributed by atoms with E-state index < -0.39 is 29.8 Å². The van der Waals surface area contributed by atoms with Gasteiger partial charge in [0.2, 0.25) is 5.91 Å². The van der Waals surface area contributed by atoms with Crippen LogP contribution in [0.25, 0.3) is 0 Å². The van der Waals surface area contributed by atoms with Crippen molar-refractivity contribution in [1.82, 2.24) is 4.90 Å². The van der Waals surface area contributed by atoms with Gasteiger partial charge in [0, 0.05) is 17.9 Å². The third-order valence-electron chi connectivity index (χ3n) is 4.57. The lowest BCUT2D eigenvalue weighted by Gasteiger charge is -2.29. The summed E-state index contributed by atoms with van der Waals surface area (Å²) in [5.74, 6) is -1.39. The smallest absolute Gasteiger partial charge is 0.330 e. The van der Waals surface area contributed by atoms with Gasteiger partial charge in [-0.1, -0.05) is 11.6 Å². The second kappa shape index (κ2) is 7.08. The average molecular weight is 401 g/mol. The van der Waals surface area contributed by atoms with Gasteiger partial charge in [-0.05, 0) is 38.5 Å². The first-order valence-corrected chi connectivity index (χ1v) is 9.50. The van der Waals surface area contributed by atoms with E-state index in [0.29, 0.717) is 24.3 Å². The molecule has 2 fully saturated rings. The Balaban J connectivity index is 1.61. The summed E-state index contributed by atoms with van der Waals surface area (Å²) in [7, 11) is 0. The van der Waals surface area contributed by atoms with Crippen LogP contribution in [-0.2, 0) is 19.1 Å². The second-order valence-corrected chi connectivity index (χ2v) is 8.37. The van der Waals surface area contributed by atoms with Crippen molar-refractivity contribution < 1.29 is 23.5 Å². The molecule has 0 radical (unpaired) electrons. The van der Waals surface area contributed by atoms with Crippen LogP contribution in [-0.4, -0.2) is 45.5 Å². The first kappa shape index (κ1) is 19.0. The Morgan fingerprint density at radius 3 is 2.92 bits per heavy atom. The van der Waals surface area contributed by atoms with Crippen LogP contribution >= 0.6 is 23.4 Å². The maximum atomic E-state index is 13.2. The van der Waals surface area contributed by atoms with E-state index in [4.69, 9.17) is 16.3 Å². The van der Waals surface area contributed by atoms with Gasteiger partial charge < -0.3 is 15.0 Å². The Morgan fingerprint density at radius 1 is 1.50 bits per heavy atom. The van der Waals surface area contributed by atoms with Gasteiger partial charge in [-0.2, -0.15) is 0 Å². The normalized spacial score (nSPS) is 25.8. The summed E-state index contributed by atoms with van der Waals surface area (Å²) in [6, 6.07) is 3.07. The Kier molecular flexibility index (Phi) is 5.16. The van der Waals surface area contributed by atoms with E-state index in [2.05, 4.69) is 5.32 Å². The number of hydrogen-bond donors (Lipinski definition) is 1. The van der Waals surface area contributed by atoms with Crippen LogP contribution in [0.15, 0.2) is 18.2 Å². The number of fused-ring (bicyclic) bond motifs is 1. The molecule has 0 spiro atoms. The lowest BCUT2D eigenvalue weighted by Crippen LogP contribution is -2.48. The van der Waals surface area contributed by atoms with Crippen LogP contribution in [0.5, 0.6) is 0 Å². The highest BCUT2D eigenvalue weighted by molar-refractivity contribution is 8.01. The molecule has 26 heavy (non-hydrogen) atoms. The third-order valence-corrected chi connectivity index (χ3v) is 6.36. The SMILES string of the molecule is C[C@H](OC(=O)[C@H]1CS[C@@]2(C)CCC(=O)N12)C(=O)Nc1ccc(F)c(Cl)c1. The van der Waals surface area contributed by atoms with Gasteiger partial charge >= 0.3 is 5.97 Å². The zero-order valence-corrected chi connectivity index (χ0v) is 15.8. The highest BCUT2D eigenvalue weighted by atomic mass is 35.5. The van der Waals surface area contributed by atoms with Gasteiger partial charge in [-0.25, -0.2) is 9.18 Å². The maximum absolute atomic E-state index is 13.2. The van der Waals surface area contributed by atoms with E-state index in [1.54, 1.807) is 16.7 Å². The van der Waals surface area contributed by atoms with E-state index >= 15 is 0 Å². The number of nitrogens with one attached hydrogen (secondary N) is 1. The van der Waals surface area contributed by atoms with Gasteiger partial charge in [-0.3, -0.25) is 9.59 Å². The van der Waals surface area contributed by atoms with Crippen molar-refractivity contribution in [1.29, 1.82) is 0 Å². The van der Waals surface area contributed by atoms with Gasteiger partial charge in [0.15, 0.2) is 6.10 Å². The summed E-state index contributed by atoms with van der Waals surface area (Å²) in [6.07, 6.45) is 0.0388. The number of ether oxygens (including phenoxy) is 1. The van der Waals surface area contributed by atoms with Crippen molar-refractivity contribution >= 4 is 46.8 Å². The van der Waals surface area contributed by atoms with Gasteiger partial charge in [-0.15, -0.1) is 11.8 Å². The van der Waals surface area contributed by atoms with Crippen LogP contribution in [0, 0.1) is 5.82 Å². The fourth-order valence-electron chi connectivity index (χ4n) is 3.12. The minimum Gasteiger partial charge on any atom is -0.451 e. The van der Waals surface area contributed by atoms with Crippen molar-refractivity contribution in [3.63, 3.8) is 0 Å². The van der Waals surface area contributed by atoms with Crippen LogP contribution in [0.3, 0.4) is 0 Å². The number of halogens is 2. The number of anilines is 1. The summed E-state index contributed by atoms with van der Waals surface area (Å²) in [5.41, 5.74) is 0.294. The van der Waals surface area contributed by atoms with Crippen LogP contribution in [0.1, 0.15) is 26.7 Å². The summed E-state index contributed by atoms with van der Waals surface area (Å²) >= 11 is 7.22. The van der Waals surface area contributed by atoms with Crippen LogP contribution in [0.4, 0.5) is 10.1 Å². The van der Waals surface area contributed by atoms with E-state index in [1.807, 2.05) is 6.92 Å². The van der Waals surface area contributed by atoms with Gasteiger partial charge in [0.25, 0.3) is 5.91 Å². The number of benzene rings is 1. The number of nitrogens with zero attached hydrogens (tertiary/aromatic N) is 1. The molecule has 0 aliphatic carbocycles.